The van der Waals surface area contributed by atoms with Crippen LogP contribution >= 0.6 is 12.4 Å². The van der Waals surface area contributed by atoms with Crippen molar-refractivity contribution in [2.75, 3.05) is 6.54 Å². The van der Waals surface area contributed by atoms with Crippen LogP contribution in [-0.2, 0) is 14.3 Å². The molecule has 3 N–H and O–H groups in total. The lowest BCUT2D eigenvalue weighted by molar-refractivity contribution is -0.139. The Morgan fingerprint density at radius 3 is 1.84 bits per heavy atom. The van der Waals surface area contributed by atoms with Crippen LogP contribution < -0.4 is 10.6 Å². The number of halogens is 1. The summed E-state index contributed by atoms with van der Waals surface area (Å²) in [6.07, 6.45) is 0.0533. The van der Waals surface area contributed by atoms with Gasteiger partial charge in [0, 0.05) is 6.54 Å². The predicted molar refractivity (Wildman–Crippen MR) is 96.1 cm³/mol. The molecule has 0 spiro atoms. The zero-order valence-electron chi connectivity index (χ0n) is 15.8. The van der Waals surface area contributed by atoms with Crippen LogP contribution in [-0.4, -0.2) is 47.1 Å². The van der Waals surface area contributed by atoms with Crippen LogP contribution in [0.25, 0.3) is 0 Å². The molecule has 0 aromatic rings. The zero-order valence-corrected chi connectivity index (χ0v) is 16.6. The maximum atomic E-state index is 11.6. The van der Waals surface area contributed by atoms with E-state index in [1.165, 1.54) is 0 Å². The Morgan fingerprint density at radius 2 is 1.40 bits per heavy atom. The molecule has 0 aromatic carbocycles. The number of hydrogen-bond donors (Lipinski definition) is 3. The second-order valence-electron chi connectivity index (χ2n) is 7.46. The molecule has 8 nitrogen and oxygen atoms in total. The number of carboxylic acids is 1. The number of amides is 2. The summed E-state index contributed by atoms with van der Waals surface area (Å²) < 4.78 is 10.1. The third-order valence-electron chi connectivity index (χ3n) is 2.58. The van der Waals surface area contributed by atoms with Crippen LogP contribution in [0.5, 0.6) is 0 Å². The van der Waals surface area contributed by atoms with Crippen molar-refractivity contribution in [3.8, 4) is 0 Å². The number of rotatable bonds is 7. The maximum absolute atomic E-state index is 11.6. The second-order valence-corrected chi connectivity index (χ2v) is 7.46. The molecule has 0 saturated carbocycles. The van der Waals surface area contributed by atoms with Crippen LogP contribution in [0.2, 0.25) is 0 Å². The standard InChI is InChI=1S/C16H30N2O6.ClH/c1-15(2,3)23-13(21)17-10-8-7-9-11(12(19)20)18-14(22)24-16(4,5)6;/h11H,7-10H2,1-6H3,(H,17,21)(H,18,22)(H,19,20);1H/t11-;/m0./s1. The lowest BCUT2D eigenvalue weighted by Crippen LogP contribution is -2.43. The fraction of sp³-hybridized carbons (Fsp3) is 0.812. The molecule has 148 valence electrons. The number of carbonyl (C=O) groups is 3. The molecule has 0 fully saturated rings. The van der Waals surface area contributed by atoms with Gasteiger partial charge in [-0.3, -0.25) is 0 Å². The molecule has 25 heavy (non-hydrogen) atoms. The summed E-state index contributed by atoms with van der Waals surface area (Å²) in [5.74, 6) is -1.12. The van der Waals surface area contributed by atoms with Gasteiger partial charge in [0.05, 0.1) is 0 Å². The van der Waals surface area contributed by atoms with Gasteiger partial charge in [-0.15, -0.1) is 12.4 Å². The number of aliphatic carboxylic acids is 1. The van der Waals surface area contributed by atoms with E-state index in [2.05, 4.69) is 10.6 Å². The maximum Gasteiger partial charge on any atom is 0.408 e. The van der Waals surface area contributed by atoms with Crippen molar-refractivity contribution >= 4 is 30.6 Å². The van der Waals surface area contributed by atoms with Crippen molar-refractivity contribution in [3.63, 3.8) is 0 Å². The fourth-order valence-electron chi connectivity index (χ4n) is 1.69. The highest BCUT2D eigenvalue weighted by Gasteiger charge is 2.23. The minimum absolute atomic E-state index is 0. The van der Waals surface area contributed by atoms with E-state index in [9.17, 15) is 14.4 Å². The third kappa shape index (κ3) is 15.6. The van der Waals surface area contributed by atoms with Crippen LogP contribution in [0.1, 0.15) is 60.8 Å². The highest BCUT2D eigenvalue weighted by Crippen LogP contribution is 2.09. The van der Waals surface area contributed by atoms with Gasteiger partial charge < -0.3 is 25.2 Å². The smallest absolute Gasteiger partial charge is 0.408 e. The predicted octanol–water partition coefficient (Wildman–Crippen LogP) is 3.08. The van der Waals surface area contributed by atoms with Crippen molar-refractivity contribution in [2.24, 2.45) is 0 Å². The van der Waals surface area contributed by atoms with Gasteiger partial charge in [-0.1, -0.05) is 0 Å². The Balaban J connectivity index is 0. The lowest BCUT2D eigenvalue weighted by Gasteiger charge is -2.22. The van der Waals surface area contributed by atoms with Gasteiger partial charge in [0.1, 0.15) is 17.2 Å². The molecule has 0 aliphatic heterocycles. The topological polar surface area (TPSA) is 114 Å². The number of carbonyl (C=O) groups excluding carboxylic acids is 2. The Bertz CT molecular complexity index is 443. The molecule has 0 heterocycles. The molecular formula is C16H31ClN2O6. The lowest BCUT2D eigenvalue weighted by atomic mass is 10.1. The van der Waals surface area contributed by atoms with E-state index in [0.717, 1.165) is 0 Å². The SMILES string of the molecule is CC(C)(C)OC(=O)NCCCC[C@H](NC(=O)OC(C)(C)C)C(=O)O.Cl. The van der Waals surface area contributed by atoms with Crippen LogP contribution in [0, 0.1) is 0 Å². The summed E-state index contributed by atoms with van der Waals surface area (Å²) in [6, 6.07) is -1.03. The summed E-state index contributed by atoms with van der Waals surface area (Å²) in [7, 11) is 0. The van der Waals surface area contributed by atoms with E-state index in [1.807, 2.05) is 0 Å². The van der Waals surface area contributed by atoms with E-state index >= 15 is 0 Å². The van der Waals surface area contributed by atoms with Crippen molar-refractivity contribution in [3.05, 3.63) is 0 Å². The largest absolute Gasteiger partial charge is 0.480 e. The van der Waals surface area contributed by atoms with Gasteiger partial charge in [-0.05, 0) is 60.8 Å². The normalized spacial score (nSPS) is 12.4. The first-order chi connectivity index (χ1) is 10.8. The van der Waals surface area contributed by atoms with E-state index in [4.69, 9.17) is 14.6 Å². The monoisotopic (exact) mass is 382 g/mol. The second kappa shape index (κ2) is 11.0. The highest BCUT2D eigenvalue weighted by molar-refractivity contribution is 5.85. The minimum atomic E-state index is -1.12. The minimum Gasteiger partial charge on any atom is -0.480 e. The number of hydrogen-bond acceptors (Lipinski definition) is 5. The van der Waals surface area contributed by atoms with E-state index in [0.29, 0.717) is 19.4 Å². The van der Waals surface area contributed by atoms with Gasteiger partial charge in [0.25, 0.3) is 0 Å². The fourth-order valence-corrected chi connectivity index (χ4v) is 1.69. The van der Waals surface area contributed by atoms with Gasteiger partial charge in [-0.25, -0.2) is 14.4 Å². The Labute approximate surface area is 155 Å². The summed E-state index contributed by atoms with van der Waals surface area (Å²) in [5, 5.41) is 14.1. The van der Waals surface area contributed by atoms with Crippen LogP contribution in [0.15, 0.2) is 0 Å². The number of ether oxygens (including phenoxy) is 2. The molecule has 0 radical (unpaired) electrons. The first-order valence-electron chi connectivity index (χ1n) is 7.99. The van der Waals surface area contributed by atoms with Gasteiger partial charge in [0.2, 0.25) is 0 Å². The summed E-state index contributed by atoms with van der Waals surface area (Å²) >= 11 is 0. The number of unbranched alkanes of at least 4 members (excludes halogenated alkanes) is 1. The first kappa shape index (κ1) is 25.5. The van der Waals surface area contributed by atoms with E-state index in [1.54, 1.807) is 41.5 Å². The average Bonchev–Trinajstić information content (AvgIpc) is 2.32. The molecule has 0 aliphatic carbocycles. The Hall–Kier alpha value is -1.70. The number of nitrogens with one attached hydrogen (secondary N) is 2. The van der Waals surface area contributed by atoms with E-state index < -0.39 is 35.4 Å². The van der Waals surface area contributed by atoms with Gasteiger partial charge in [-0.2, -0.15) is 0 Å². The summed E-state index contributed by atoms with van der Waals surface area (Å²) in [4.78, 5) is 34.2. The van der Waals surface area contributed by atoms with Crippen molar-refractivity contribution in [1.82, 2.24) is 10.6 Å². The average molecular weight is 383 g/mol. The van der Waals surface area contributed by atoms with Crippen molar-refractivity contribution in [1.29, 1.82) is 0 Å². The molecule has 0 bridgehead atoms. The Morgan fingerprint density at radius 1 is 0.920 bits per heavy atom. The number of alkyl carbamates (subject to hydrolysis) is 2. The van der Waals surface area contributed by atoms with Crippen molar-refractivity contribution in [2.45, 2.75) is 78.0 Å². The molecular weight excluding hydrogens is 352 g/mol. The molecule has 1 atom stereocenters. The quantitative estimate of drug-likeness (QED) is 0.583. The van der Waals surface area contributed by atoms with Crippen LogP contribution in [0.3, 0.4) is 0 Å². The summed E-state index contributed by atoms with van der Waals surface area (Å²) in [5.41, 5.74) is -1.25. The molecule has 2 amide bonds. The molecule has 0 rings (SSSR count). The van der Waals surface area contributed by atoms with Gasteiger partial charge in [0.15, 0.2) is 0 Å². The molecule has 9 heteroatoms. The van der Waals surface area contributed by atoms with E-state index in [-0.39, 0.29) is 18.8 Å². The van der Waals surface area contributed by atoms with Crippen LogP contribution in [0.4, 0.5) is 9.59 Å². The number of carboxylic acid groups (broad SMARTS) is 1. The first-order valence-corrected chi connectivity index (χ1v) is 7.99. The highest BCUT2D eigenvalue weighted by atomic mass is 35.5. The van der Waals surface area contributed by atoms with Crippen molar-refractivity contribution < 1.29 is 29.0 Å². The molecule has 0 aromatic heterocycles. The molecule has 0 unspecified atom stereocenters. The Kier molecular flexibility index (Phi) is 11.3. The summed E-state index contributed by atoms with van der Waals surface area (Å²) in [6.45, 7) is 10.8. The zero-order chi connectivity index (χ0) is 19.0. The van der Waals surface area contributed by atoms with Gasteiger partial charge >= 0.3 is 18.2 Å². The molecule has 0 aliphatic rings. The third-order valence-corrected chi connectivity index (χ3v) is 2.58. The molecule has 0 saturated heterocycles.